The van der Waals surface area contributed by atoms with Crippen LogP contribution >= 0.6 is 9.90 Å². The summed E-state index contributed by atoms with van der Waals surface area (Å²) in [5, 5.41) is 8.33. The average Bonchev–Trinajstić information content (AvgIpc) is 1.88. The molecule has 68 valence electrons. The Morgan fingerprint density at radius 3 is 2.36 bits per heavy atom. The third kappa shape index (κ3) is 7.72. The molecule has 0 aliphatic carbocycles. The minimum atomic E-state index is -0.933. The zero-order valence-electron chi connectivity index (χ0n) is 6.62. The fraction of sp³-hybridized carbons (Fsp3) is 0.833. The maximum absolute atomic E-state index is 10.1. The number of carbonyl (C=O) groups is 1. The fourth-order valence-electron chi connectivity index (χ4n) is 0.632. The van der Waals surface area contributed by atoms with Crippen LogP contribution in [0.1, 0.15) is 19.3 Å². The summed E-state index contributed by atoms with van der Waals surface area (Å²) in [6.07, 6.45) is 2.16. The Hall–Kier alpha value is -0.180. The number of rotatable bonds is 5. The van der Waals surface area contributed by atoms with Crippen LogP contribution in [0.2, 0.25) is 0 Å². The van der Waals surface area contributed by atoms with E-state index in [9.17, 15) is 4.79 Å². The molecule has 0 aromatic carbocycles. The van der Waals surface area contributed by atoms with Gasteiger partial charge in [-0.2, -0.15) is 9.90 Å². The first kappa shape index (κ1) is 13.4. The smallest absolute Gasteiger partial charge is 0.320 e. The second kappa shape index (κ2) is 7.92. The summed E-state index contributed by atoms with van der Waals surface area (Å²) in [7, 11) is 0. The fourth-order valence-corrected chi connectivity index (χ4v) is 0.632. The lowest BCUT2D eigenvalue weighted by atomic mass is 10.1. The lowest BCUT2D eigenvalue weighted by molar-refractivity contribution is -0.138. The molecule has 0 aliphatic heterocycles. The summed E-state index contributed by atoms with van der Waals surface area (Å²) in [6.45, 7) is 0.604. The number of carboxylic acids is 1. The van der Waals surface area contributed by atoms with Gasteiger partial charge in [-0.3, -0.25) is 4.79 Å². The van der Waals surface area contributed by atoms with Crippen LogP contribution in [0, 0.1) is 0 Å². The van der Waals surface area contributed by atoms with E-state index < -0.39 is 12.0 Å². The van der Waals surface area contributed by atoms with E-state index in [-0.39, 0.29) is 9.90 Å². The Balaban J connectivity index is 0. The lowest BCUT2D eigenvalue weighted by Gasteiger charge is -2.03. The second-order valence-corrected chi connectivity index (χ2v) is 2.23. The molecule has 2 atom stereocenters. The number of nitrogens with two attached hydrogens (primary N) is 2. The van der Waals surface area contributed by atoms with Gasteiger partial charge < -0.3 is 16.6 Å². The topological polar surface area (TPSA) is 89.3 Å². The van der Waals surface area contributed by atoms with Crippen molar-refractivity contribution < 1.29 is 9.90 Å². The summed E-state index contributed by atoms with van der Waals surface area (Å²) in [5.74, 6) is -0.933. The molecule has 0 spiro atoms. The van der Waals surface area contributed by atoms with Crippen LogP contribution in [0.5, 0.6) is 0 Å². The van der Waals surface area contributed by atoms with Crippen LogP contribution in [0.25, 0.3) is 0 Å². The van der Waals surface area contributed by atoms with E-state index in [0.717, 1.165) is 12.8 Å². The SMILES string of the molecule is NCCCCC(N)C(=O)O.P. The van der Waals surface area contributed by atoms with Crippen LogP contribution in [0.4, 0.5) is 0 Å². The largest absolute Gasteiger partial charge is 0.480 e. The van der Waals surface area contributed by atoms with Crippen LogP contribution < -0.4 is 11.5 Å². The summed E-state index contributed by atoms with van der Waals surface area (Å²) in [5.41, 5.74) is 10.4. The van der Waals surface area contributed by atoms with Crippen LogP contribution in [-0.4, -0.2) is 23.7 Å². The van der Waals surface area contributed by atoms with E-state index in [0.29, 0.717) is 13.0 Å². The van der Waals surface area contributed by atoms with Crippen molar-refractivity contribution in [3.05, 3.63) is 0 Å². The summed E-state index contributed by atoms with van der Waals surface area (Å²) >= 11 is 0. The van der Waals surface area contributed by atoms with Crippen molar-refractivity contribution in [3.8, 4) is 0 Å². The molecule has 0 rings (SSSR count). The Morgan fingerprint density at radius 1 is 1.45 bits per heavy atom. The molecule has 0 saturated heterocycles. The first-order valence-corrected chi connectivity index (χ1v) is 3.37. The normalized spacial score (nSPS) is 11.8. The third-order valence-electron chi connectivity index (χ3n) is 1.29. The Morgan fingerprint density at radius 2 is 2.00 bits per heavy atom. The van der Waals surface area contributed by atoms with Crippen molar-refractivity contribution >= 4 is 15.9 Å². The Labute approximate surface area is 70.0 Å². The van der Waals surface area contributed by atoms with Gasteiger partial charge >= 0.3 is 5.97 Å². The molecular weight excluding hydrogens is 163 g/mol. The molecule has 5 heteroatoms. The second-order valence-electron chi connectivity index (χ2n) is 2.23. The highest BCUT2D eigenvalue weighted by atomic mass is 31.0. The van der Waals surface area contributed by atoms with Crippen molar-refractivity contribution in [1.82, 2.24) is 0 Å². The first-order chi connectivity index (χ1) is 4.68. The van der Waals surface area contributed by atoms with Crippen molar-refractivity contribution in [1.29, 1.82) is 0 Å². The number of aliphatic carboxylic acids is 1. The van der Waals surface area contributed by atoms with Gasteiger partial charge in [0.25, 0.3) is 0 Å². The van der Waals surface area contributed by atoms with E-state index in [2.05, 4.69) is 0 Å². The molecule has 0 heterocycles. The van der Waals surface area contributed by atoms with Crippen LogP contribution in [0.3, 0.4) is 0 Å². The highest BCUT2D eigenvalue weighted by Crippen LogP contribution is 1.96. The Kier molecular flexibility index (Phi) is 9.66. The summed E-state index contributed by atoms with van der Waals surface area (Å²) in [6, 6.07) is -0.716. The van der Waals surface area contributed by atoms with Crippen molar-refractivity contribution in [2.45, 2.75) is 25.3 Å². The summed E-state index contributed by atoms with van der Waals surface area (Å²) < 4.78 is 0. The number of carboxylic acid groups (broad SMARTS) is 1. The molecule has 0 saturated carbocycles. The van der Waals surface area contributed by atoms with Gasteiger partial charge in [0.15, 0.2) is 0 Å². The molecular formula is C6H17N2O2P. The van der Waals surface area contributed by atoms with Gasteiger partial charge in [-0.25, -0.2) is 0 Å². The predicted molar refractivity (Wildman–Crippen MR) is 49.6 cm³/mol. The lowest BCUT2D eigenvalue weighted by Crippen LogP contribution is -2.29. The molecule has 0 aliphatic rings. The highest BCUT2D eigenvalue weighted by Gasteiger charge is 2.09. The zero-order chi connectivity index (χ0) is 7.98. The molecule has 2 unspecified atom stereocenters. The molecule has 11 heavy (non-hydrogen) atoms. The quantitative estimate of drug-likeness (QED) is 0.396. The van der Waals surface area contributed by atoms with Crippen molar-refractivity contribution in [2.75, 3.05) is 6.54 Å². The van der Waals surface area contributed by atoms with Gasteiger partial charge in [0.05, 0.1) is 0 Å². The van der Waals surface area contributed by atoms with E-state index in [4.69, 9.17) is 16.6 Å². The summed E-state index contributed by atoms with van der Waals surface area (Å²) in [4.78, 5) is 10.1. The number of hydrogen-bond acceptors (Lipinski definition) is 3. The van der Waals surface area contributed by atoms with Crippen molar-refractivity contribution in [3.63, 3.8) is 0 Å². The van der Waals surface area contributed by atoms with Crippen molar-refractivity contribution in [2.24, 2.45) is 11.5 Å². The molecule has 0 aromatic rings. The monoisotopic (exact) mass is 180 g/mol. The Bertz CT molecular complexity index is 111. The molecule has 0 fully saturated rings. The maximum Gasteiger partial charge on any atom is 0.320 e. The molecule has 4 nitrogen and oxygen atoms in total. The molecule has 0 bridgehead atoms. The molecule has 0 amide bonds. The van der Waals surface area contributed by atoms with Gasteiger partial charge in [0.1, 0.15) is 6.04 Å². The third-order valence-corrected chi connectivity index (χ3v) is 1.29. The minimum absolute atomic E-state index is 0. The minimum Gasteiger partial charge on any atom is -0.480 e. The highest BCUT2D eigenvalue weighted by molar-refractivity contribution is 6.92. The molecule has 0 radical (unpaired) electrons. The standard InChI is InChI=1S/C6H14N2O2.H3P/c7-4-2-1-3-5(8)6(9)10;/h5H,1-4,7-8H2,(H,9,10);1H3. The van der Waals surface area contributed by atoms with Gasteiger partial charge in [-0.15, -0.1) is 0 Å². The van der Waals surface area contributed by atoms with E-state index in [1.807, 2.05) is 0 Å². The van der Waals surface area contributed by atoms with Gasteiger partial charge in [0, 0.05) is 0 Å². The number of unbranched alkanes of at least 4 members (excludes halogenated alkanes) is 1. The number of hydrogen-bond donors (Lipinski definition) is 3. The van der Waals surface area contributed by atoms with Gasteiger partial charge in [-0.1, -0.05) is 6.42 Å². The van der Waals surface area contributed by atoms with E-state index in [1.54, 1.807) is 0 Å². The van der Waals surface area contributed by atoms with Crippen LogP contribution in [-0.2, 0) is 4.79 Å². The zero-order valence-corrected chi connectivity index (χ0v) is 8.04. The molecule has 5 N–H and O–H groups in total. The molecule has 0 aromatic heterocycles. The maximum atomic E-state index is 10.1. The van der Waals surface area contributed by atoms with Crippen LogP contribution in [0.15, 0.2) is 0 Å². The van der Waals surface area contributed by atoms with Gasteiger partial charge in [0.2, 0.25) is 0 Å². The predicted octanol–water partition coefficient (Wildman–Crippen LogP) is -0.415. The van der Waals surface area contributed by atoms with E-state index >= 15 is 0 Å². The average molecular weight is 180 g/mol. The first-order valence-electron chi connectivity index (χ1n) is 3.37. The van der Waals surface area contributed by atoms with Gasteiger partial charge in [-0.05, 0) is 19.4 Å². The van der Waals surface area contributed by atoms with E-state index in [1.165, 1.54) is 0 Å².